The zero-order valence-corrected chi connectivity index (χ0v) is 9.21. The van der Waals surface area contributed by atoms with E-state index in [1.807, 2.05) is 25.1 Å². The molecule has 2 nitrogen and oxygen atoms in total. The monoisotopic (exact) mass is 243 g/mol. The highest BCUT2D eigenvalue weighted by Gasteiger charge is 2.08. The Kier molecular flexibility index (Phi) is 3.90. The Morgan fingerprint density at radius 2 is 2.23 bits per heavy atom. The first kappa shape index (κ1) is 10.7. The minimum atomic E-state index is -0.0671. The van der Waals surface area contributed by atoms with Crippen molar-refractivity contribution in [3.05, 3.63) is 33.8 Å². The van der Waals surface area contributed by atoms with Crippen LogP contribution in [0.4, 0.5) is 0 Å². The van der Waals surface area contributed by atoms with Crippen molar-refractivity contribution in [2.75, 3.05) is 6.61 Å². The van der Waals surface area contributed by atoms with E-state index >= 15 is 0 Å². The molecule has 0 amide bonds. The van der Waals surface area contributed by atoms with Gasteiger partial charge in [-0.2, -0.15) is 0 Å². The number of hydrogen-bond acceptors (Lipinski definition) is 2. The number of nitrogens with two attached hydrogens (primary N) is 1. The number of aryl methyl sites for hydroxylation is 1. The molecule has 1 atom stereocenters. The number of benzene rings is 1. The van der Waals surface area contributed by atoms with Gasteiger partial charge in [0.1, 0.15) is 0 Å². The van der Waals surface area contributed by atoms with E-state index in [0.29, 0.717) is 6.42 Å². The molecular weight excluding hydrogens is 230 g/mol. The van der Waals surface area contributed by atoms with Gasteiger partial charge in [-0.3, -0.25) is 0 Å². The lowest BCUT2D eigenvalue weighted by Crippen LogP contribution is -2.13. The maximum atomic E-state index is 8.77. The summed E-state index contributed by atoms with van der Waals surface area (Å²) in [5, 5.41) is 8.77. The van der Waals surface area contributed by atoms with Crippen LogP contribution in [0, 0.1) is 6.92 Å². The van der Waals surface area contributed by atoms with Crippen LogP contribution in [0.2, 0.25) is 0 Å². The van der Waals surface area contributed by atoms with Gasteiger partial charge in [-0.15, -0.1) is 0 Å². The van der Waals surface area contributed by atoms with Gasteiger partial charge in [0.05, 0.1) is 0 Å². The van der Waals surface area contributed by atoms with E-state index in [1.165, 1.54) is 5.56 Å². The third-order valence-electron chi connectivity index (χ3n) is 2.08. The second-order valence-electron chi connectivity index (χ2n) is 3.12. The van der Waals surface area contributed by atoms with Crippen molar-refractivity contribution in [2.24, 2.45) is 5.73 Å². The lowest BCUT2D eigenvalue weighted by molar-refractivity contribution is 0.276. The van der Waals surface area contributed by atoms with Crippen molar-refractivity contribution in [2.45, 2.75) is 19.4 Å². The smallest absolute Gasteiger partial charge is 0.0449 e. The molecule has 0 bridgehead atoms. The molecule has 0 saturated heterocycles. The molecular formula is C10H14BrNO. The van der Waals surface area contributed by atoms with Crippen LogP contribution in [0.3, 0.4) is 0 Å². The van der Waals surface area contributed by atoms with Gasteiger partial charge in [0.15, 0.2) is 0 Å². The van der Waals surface area contributed by atoms with Crippen LogP contribution in [-0.4, -0.2) is 11.7 Å². The fourth-order valence-electron chi connectivity index (χ4n) is 1.31. The predicted molar refractivity (Wildman–Crippen MR) is 57.5 cm³/mol. The highest BCUT2D eigenvalue weighted by atomic mass is 79.9. The Bertz CT molecular complexity index is 288. The summed E-state index contributed by atoms with van der Waals surface area (Å²) in [6.07, 6.45) is 0.608. The van der Waals surface area contributed by atoms with E-state index in [1.54, 1.807) is 0 Å². The molecule has 0 fully saturated rings. The molecule has 3 heteroatoms. The van der Waals surface area contributed by atoms with Crippen LogP contribution in [0.1, 0.15) is 23.6 Å². The largest absolute Gasteiger partial charge is 0.396 e. The summed E-state index contributed by atoms with van der Waals surface area (Å²) in [5.41, 5.74) is 8.17. The standard InChI is InChI=1S/C10H14BrNO/c1-7-2-3-8(11)6-9(7)10(12)4-5-13/h2-3,6,10,13H,4-5,12H2,1H3/t10-/m1/s1. The summed E-state index contributed by atoms with van der Waals surface area (Å²) in [5.74, 6) is 0. The van der Waals surface area contributed by atoms with E-state index < -0.39 is 0 Å². The van der Waals surface area contributed by atoms with Crippen molar-refractivity contribution in [3.63, 3.8) is 0 Å². The van der Waals surface area contributed by atoms with Crippen molar-refractivity contribution in [1.82, 2.24) is 0 Å². The maximum Gasteiger partial charge on any atom is 0.0449 e. The summed E-state index contributed by atoms with van der Waals surface area (Å²) >= 11 is 3.40. The first-order chi connectivity index (χ1) is 6.15. The number of halogens is 1. The average molecular weight is 244 g/mol. The molecule has 0 aliphatic rings. The first-order valence-electron chi connectivity index (χ1n) is 4.27. The summed E-state index contributed by atoms with van der Waals surface area (Å²) in [4.78, 5) is 0. The normalized spacial score (nSPS) is 12.9. The highest BCUT2D eigenvalue weighted by molar-refractivity contribution is 9.10. The Labute approximate surface area is 86.9 Å². The first-order valence-corrected chi connectivity index (χ1v) is 5.07. The number of aliphatic hydroxyl groups excluding tert-OH is 1. The summed E-state index contributed by atoms with van der Waals surface area (Å²) in [6, 6.07) is 5.96. The lowest BCUT2D eigenvalue weighted by atomic mass is 10.00. The fraction of sp³-hybridized carbons (Fsp3) is 0.400. The van der Waals surface area contributed by atoms with Gasteiger partial charge < -0.3 is 10.8 Å². The van der Waals surface area contributed by atoms with E-state index in [-0.39, 0.29) is 12.6 Å². The Balaban J connectivity index is 2.91. The number of rotatable bonds is 3. The van der Waals surface area contributed by atoms with Gasteiger partial charge >= 0.3 is 0 Å². The van der Waals surface area contributed by atoms with Crippen LogP contribution in [0.5, 0.6) is 0 Å². The summed E-state index contributed by atoms with van der Waals surface area (Å²) in [7, 11) is 0. The van der Waals surface area contributed by atoms with Gasteiger partial charge in [0, 0.05) is 17.1 Å². The van der Waals surface area contributed by atoms with E-state index in [2.05, 4.69) is 15.9 Å². The van der Waals surface area contributed by atoms with Gasteiger partial charge in [-0.1, -0.05) is 22.0 Å². The topological polar surface area (TPSA) is 46.2 Å². The zero-order chi connectivity index (χ0) is 9.84. The van der Waals surface area contributed by atoms with Crippen molar-refractivity contribution < 1.29 is 5.11 Å². The molecule has 1 aromatic rings. The van der Waals surface area contributed by atoms with Crippen LogP contribution in [0.15, 0.2) is 22.7 Å². The van der Waals surface area contributed by atoms with Crippen LogP contribution >= 0.6 is 15.9 Å². The second kappa shape index (κ2) is 4.74. The van der Waals surface area contributed by atoms with Crippen molar-refractivity contribution in [1.29, 1.82) is 0 Å². The molecule has 1 rings (SSSR count). The zero-order valence-electron chi connectivity index (χ0n) is 7.63. The SMILES string of the molecule is Cc1ccc(Br)cc1[C@H](N)CCO. The van der Waals surface area contributed by atoms with Gasteiger partial charge in [0.2, 0.25) is 0 Å². The average Bonchev–Trinajstić information content (AvgIpc) is 2.09. The van der Waals surface area contributed by atoms with E-state index in [0.717, 1.165) is 10.0 Å². The van der Waals surface area contributed by atoms with Crippen molar-refractivity contribution in [3.8, 4) is 0 Å². The molecule has 0 heterocycles. The van der Waals surface area contributed by atoms with Crippen LogP contribution < -0.4 is 5.73 Å². The lowest BCUT2D eigenvalue weighted by Gasteiger charge is -2.13. The molecule has 0 aliphatic carbocycles. The van der Waals surface area contributed by atoms with Crippen LogP contribution in [0.25, 0.3) is 0 Å². The summed E-state index contributed by atoms with van der Waals surface area (Å²) < 4.78 is 1.03. The molecule has 0 radical (unpaired) electrons. The molecule has 72 valence electrons. The Morgan fingerprint density at radius 3 is 2.85 bits per heavy atom. The molecule has 3 N–H and O–H groups in total. The molecule has 0 saturated carbocycles. The van der Waals surface area contributed by atoms with E-state index in [9.17, 15) is 0 Å². The van der Waals surface area contributed by atoms with Crippen molar-refractivity contribution >= 4 is 15.9 Å². The fourth-order valence-corrected chi connectivity index (χ4v) is 1.68. The molecule has 0 aliphatic heterocycles. The Morgan fingerprint density at radius 1 is 1.54 bits per heavy atom. The second-order valence-corrected chi connectivity index (χ2v) is 4.04. The Hall–Kier alpha value is -0.380. The molecule has 0 aromatic heterocycles. The quantitative estimate of drug-likeness (QED) is 0.855. The summed E-state index contributed by atoms with van der Waals surface area (Å²) in [6.45, 7) is 2.16. The van der Waals surface area contributed by atoms with Gasteiger partial charge in [-0.25, -0.2) is 0 Å². The third-order valence-corrected chi connectivity index (χ3v) is 2.57. The number of aliphatic hydroxyl groups is 1. The molecule has 1 aromatic carbocycles. The van der Waals surface area contributed by atoms with Gasteiger partial charge in [0.25, 0.3) is 0 Å². The molecule has 0 unspecified atom stereocenters. The minimum Gasteiger partial charge on any atom is -0.396 e. The number of hydrogen-bond donors (Lipinski definition) is 2. The minimum absolute atomic E-state index is 0.0671. The van der Waals surface area contributed by atoms with Crippen LogP contribution in [-0.2, 0) is 0 Å². The van der Waals surface area contributed by atoms with Gasteiger partial charge in [-0.05, 0) is 36.6 Å². The highest BCUT2D eigenvalue weighted by Crippen LogP contribution is 2.22. The maximum absolute atomic E-state index is 8.77. The third kappa shape index (κ3) is 2.79. The molecule has 13 heavy (non-hydrogen) atoms. The predicted octanol–water partition coefficient (Wildman–Crippen LogP) is 2.14. The molecule has 0 spiro atoms. The van der Waals surface area contributed by atoms with E-state index in [4.69, 9.17) is 10.8 Å².